The van der Waals surface area contributed by atoms with Crippen molar-refractivity contribution in [3.8, 4) is 0 Å². The van der Waals surface area contributed by atoms with Gasteiger partial charge in [0.05, 0.1) is 5.02 Å². The molecule has 1 aliphatic heterocycles. The summed E-state index contributed by atoms with van der Waals surface area (Å²) in [6.45, 7) is 3.51. The minimum absolute atomic E-state index is 0.126. The molecule has 0 aromatic heterocycles. The van der Waals surface area contributed by atoms with E-state index < -0.39 is 10.0 Å². The van der Waals surface area contributed by atoms with Gasteiger partial charge >= 0.3 is 0 Å². The molecule has 1 saturated heterocycles. The van der Waals surface area contributed by atoms with Crippen LogP contribution in [0.25, 0.3) is 0 Å². The van der Waals surface area contributed by atoms with Crippen molar-refractivity contribution in [3.63, 3.8) is 0 Å². The summed E-state index contributed by atoms with van der Waals surface area (Å²) in [4.78, 5) is 2.20. The molecule has 0 unspecified atom stereocenters. The highest BCUT2D eigenvalue weighted by Gasteiger charge is 2.36. The summed E-state index contributed by atoms with van der Waals surface area (Å²) < 4.78 is 33.2. The minimum atomic E-state index is -3.63. The summed E-state index contributed by atoms with van der Waals surface area (Å²) in [5, 5.41) is 0.249. The van der Waals surface area contributed by atoms with Gasteiger partial charge in [0.25, 0.3) is 0 Å². The summed E-state index contributed by atoms with van der Waals surface area (Å²) in [5.41, 5.74) is 0.709. The fourth-order valence-electron chi connectivity index (χ4n) is 2.66. The third-order valence-corrected chi connectivity index (χ3v) is 6.22. The molecule has 1 aromatic rings. The van der Waals surface area contributed by atoms with E-state index in [4.69, 9.17) is 16.3 Å². The number of sulfonamides is 1. The van der Waals surface area contributed by atoms with Crippen LogP contribution in [-0.4, -0.2) is 52.7 Å². The molecule has 7 heteroatoms. The normalized spacial score (nSPS) is 18.6. The van der Waals surface area contributed by atoms with Crippen molar-refractivity contribution in [3.05, 3.63) is 28.8 Å². The van der Waals surface area contributed by atoms with Gasteiger partial charge in [-0.2, -0.15) is 0 Å². The zero-order valence-corrected chi connectivity index (χ0v) is 14.8. The monoisotopic (exact) mass is 346 g/mol. The lowest BCUT2D eigenvalue weighted by Crippen LogP contribution is -2.55. The van der Waals surface area contributed by atoms with Crippen molar-refractivity contribution in [2.75, 3.05) is 33.9 Å². The number of likely N-dealkylation sites (N-methyl/N-ethyl adjacent to an activating group) is 1. The van der Waals surface area contributed by atoms with Crippen LogP contribution in [0, 0.1) is 6.92 Å². The van der Waals surface area contributed by atoms with E-state index in [0.29, 0.717) is 19.8 Å². The average molecular weight is 347 g/mol. The summed E-state index contributed by atoms with van der Waals surface area (Å²) in [6.07, 6.45) is 1.59. The molecule has 0 bridgehead atoms. The second-order valence-corrected chi connectivity index (χ2v) is 8.13. The molecule has 0 radical (unpaired) electrons. The predicted octanol–water partition coefficient (Wildman–Crippen LogP) is 2.04. The fraction of sp³-hybridized carbons (Fsp3) is 0.600. The van der Waals surface area contributed by atoms with Crippen molar-refractivity contribution >= 4 is 21.6 Å². The number of hydrogen-bond donors (Lipinski definition) is 1. The van der Waals surface area contributed by atoms with Gasteiger partial charge in [0, 0.05) is 25.3 Å². The van der Waals surface area contributed by atoms with E-state index in [0.717, 1.165) is 18.4 Å². The number of ether oxygens (including phenoxy) is 1. The van der Waals surface area contributed by atoms with E-state index in [1.807, 2.05) is 21.0 Å². The molecule has 0 saturated carbocycles. The second kappa shape index (κ2) is 6.84. The van der Waals surface area contributed by atoms with Crippen LogP contribution in [0.2, 0.25) is 5.02 Å². The predicted molar refractivity (Wildman–Crippen MR) is 87.8 cm³/mol. The van der Waals surface area contributed by atoms with Crippen LogP contribution in [0.3, 0.4) is 0 Å². The lowest BCUT2D eigenvalue weighted by Gasteiger charge is -2.42. The summed E-state index contributed by atoms with van der Waals surface area (Å²) >= 11 is 6.08. The Bertz CT molecular complexity index is 626. The molecule has 124 valence electrons. The van der Waals surface area contributed by atoms with Gasteiger partial charge in [-0.05, 0) is 51.6 Å². The first-order valence-corrected chi connectivity index (χ1v) is 9.14. The topological polar surface area (TPSA) is 58.6 Å². The third kappa shape index (κ3) is 3.81. The molecule has 5 nitrogen and oxygen atoms in total. The highest BCUT2D eigenvalue weighted by molar-refractivity contribution is 7.89. The molecule has 2 rings (SSSR count). The van der Waals surface area contributed by atoms with Gasteiger partial charge in [0.15, 0.2) is 0 Å². The van der Waals surface area contributed by atoms with Crippen molar-refractivity contribution in [1.82, 2.24) is 9.62 Å². The van der Waals surface area contributed by atoms with Crippen LogP contribution in [-0.2, 0) is 14.8 Å². The van der Waals surface area contributed by atoms with Crippen molar-refractivity contribution < 1.29 is 13.2 Å². The van der Waals surface area contributed by atoms with Gasteiger partial charge in [-0.1, -0.05) is 17.7 Å². The van der Waals surface area contributed by atoms with Gasteiger partial charge < -0.3 is 9.64 Å². The van der Waals surface area contributed by atoms with E-state index in [2.05, 4.69) is 9.62 Å². The van der Waals surface area contributed by atoms with Crippen LogP contribution >= 0.6 is 11.6 Å². The van der Waals surface area contributed by atoms with E-state index in [1.165, 1.54) is 0 Å². The Hall–Kier alpha value is -0.660. The van der Waals surface area contributed by atoms with Crippen molar-refractivity contribution in [2.24, 2.45) is 0 Å². The van der Waals surface area contributed by atoms with Gasteiger partial charge in [-0.25, -0.2) is 13.1 Å². The largest absolute Gasteiger partial charge is 0.381 e. The number of halogens is 1. The van der Waals surface area contributed by atoms with E-state index >= 15 is 0 Å². The first-order valence-electron chi connectivity index (χ1n) is 7.28. The molecule has 0 spiro atoms. The molecule has 1 aromatic carbocycles. The number of benzene rings is 1. The maximum atomic E-state index is 12.5. The van der Waals surface area contributed by atoms with Crippen LogP contribution in [0.15, 0.2) is 23.1 Å². The summed E-state index contributed by atoms with van der Waals surface area (Å²) in [7, 11) is 0.313. The molecule has 0 atom stereocenters. The SMILES string of the molecule is Cc1ccc(S(=O)(=O)NCC2(N(C)C)CCOCC2)c(Cl)c1. The molecule has 0 aliphatic carbocycles. The smallest absolute Gasteiger partial charge is 0.242 e. The number of rotatable bonds is 5. The Morgan fingerprint density at radius 3 is 2.50 bits per heavy atom. The molecule has 0 amide bonds. The maximum absolute atomic E-state index is 12.5. The minimum Gasteiger partial charge on any atom is -0.381 e. The van der Waals surface area contributed by atoms with Crippen molar-refractivity contribution in [2.45, 2.75) is 30.2 Å². The Balaban J connectivity index is 2.17. The fourth-order valence-corrected chi connectivity index (χ4v) is 4.38. The third-order valence-electron chi connectivity index (χ3n) is 4.34. The van der Waals surface area contributed by atoms with Crippen LogP contribution in [0.4, 0.5) is 0 Å². The molecule has 1 N–H and O–H groups in total. The zero-order valence-electron chi connectivity index (χ0n) is 13.2. The highest BCUT2D eigenvalue weighted by Crippen LogP contribution is 2.27. The summed E-state index contributed by atoms with van der Waals surface area (Å²) in [5.74, 6) is 0. The molecule has 1 heterocycles. The lowest BCUT2D eigenvalue weighted by atomic mass is 9.89. The first kappa shape index (κ1) is 17.7. The highest BCUT2D eigenvalue weighted by atomic mass is 35.5. The van der Waals surface area contributed by atoms with Gasteiger partial charge in [-0.3, -0.25) is 0 Å². The second-order valence-electron chi connectivity index (χ2n) is 5.99. The first-order chi connectivity index (χ1) is 10.3. The van der Waals surface area contributed by atoms with E-state index in [-0.39, 0.29) is 15.5 Å². The van der Waals surface area contributed by atoms with E-state index in [1.54, 1.807) is 18.2 Å². The van der Waals surface area contributed by atoms with Crippen molar-refractivity contribution in [1.29, 1.82) is 0 Å². The molecular formula is C15H23ClN2O3S. The Kier molecular flexibility index (Phi) is 5.50. The van der Waals surface area contributed by atoms with Gasteiger partial charge in [0.1, 0.15) is 4.90 Å². The Morgan fingerprint density at radius 1 is 1.32 bits per heavy atom. The number of aryl methyl sites for hydroxylation is 1. The Labute approximate surface area is 137 Å². The number of hydrogen-bond acceptors (Lipinski definition) is 4. The van der Waals surface area contributed by atoms with Gasteiger partial charge in [0.2, 0.25) is 10.0 Å². The quantitative estimate of drug-likeness (QED) is 0.886. The zero-order chi connectivity index (χ0) is 16.4. The molecular weight excluding hydrogens is 324 g/mol. The molecule has 1 fully saturated rings. The summed E-state index contributed by atoms with van der Waals surface area (Å²) in [6, 6.07) is 4.95. The lowest BCUT2D eigenvalue weighted by molar-refractivity contribution is -0.00453. The van der Waals surface area contributed by atoms with Gasteiger partial charge in [-0.15, -0.1) is 0 Å². The molecule has 22 heavy (non-hydrogen) atoms. The van der Waals surface area contributed by atoms with Crippen LogP contribution in [0.5, 0.6) is 0 Å². The van der Waals surface area contributed by atoms with E-state index in [9.17, 15) is 8.42 Å². The standard InChI is InChI=1S/C15H23ClN2O3S/c1-12-4-5-14(13(16)10-12)22(19,20)17-11-15(18(2)3)6-8-21-9-7-15/h4-5,10,17H,6-9,11H2,1-3H3. The van der Waals surface area contributed by atoms with Crippen LogP contribution < -0.4 is 4.72 Å². The average Bonchev–Trinajstić information content (AvgIpc) is 2.45. The van der Waals surface area contributed by atoms with Crippen LogP contribution in [0.1, 0.15) is 18.4 Å². The molecule has 1 aliphatic rings. The maximum Gasteiger partial charge on any atom is 0.242 e. The number of nitrogens with one attached hydrogen (secondary N) is 1. The number of nitrogens with zero attached hydrogens (tertiary/aromatic N) is 1. The Morgan fingerprint density at radius 2 is 1.95 bits per heavy atom.